The van der Waals surface area contributed by atoms with Gasteiger partial charge in [-0.15, -0.1) is 0 Å². The molecule has 0 aliphatic carbocycles. The molecule has 2 aromatic rings. The second kappa shape index (κ2) is 6.19. The van der Waals surface area contributed by atoms with Gasteiger partial charge in [0, 0.05) is 18.3 Å². The predicted molar refractivity (Wildman–Crippen MR) is 82.3 cm³/mol. The van der Waals surface area contributed by atoms with Crippen LogP contribution in [0.1, 0.15) is 18.5 Å². The fourth-order valence-corrected chi connectivity index (χ4v) is 3.22. The van der Waals surface area contributed by atoms with E-state index in [1.807, 2.05) is 0 Å². The van der Waals surface area contributed by atoms with E-state index in [9.17, 15) is 13.2 Å². The number of hydrogen-bond donors (Lipinski definition) is 2. The first-order valence-corrected chi connectivity index (χ1v) is 8.19. The molecule has 1 aromatic carbocycles. The summed E-state index contributed by atoms with van der Waals surface area (Å²) in [7, 11) is -3.74. The van der Waals surface area contributed by atoms with Gasteiger partial charge in [0.05, 0.1) is 14.9 Å². The highest BCUT2D eigenvalue weighted by Crippen LogP contribution is 2.26. The zero-order valence-corrected chi connectivity index (χ0v) is 13.3. The zero-order valence-electron chi connectivity index (χ0n) is 10.9. The van der Waals surface area contributed by atoms with E-state index in [-0.39, 0.29) is 10.5 Å². The molecule has 0 saturated carbocycles. The lowest BCUT2D eigenvalue weighted by molar-refractivity contribution is 0.566. The lowest BCUT2D eigenvalue weighted by atomic mass is 10.1. The number of halogens is 2. The van der Waals surface area contributed by atoms with E-state index in [0.29, 0.717) is 15.6 Å². The highest BCUT2D eigenvalue weighted by Gasteiger charge is 2.19. The van der Waals surface area contributed by atoms with Crippen LogP contribution in [0.15, 0.2) is 46.2 Å². The summed E-state index contributed by atoms with van der Waals surface area (Å²) in [6.07, 6.45) is 1.15. The fraction of sp³-hybridized carbons (Fsp3) is 0.154. The van der Waals surface area contributed by atoms with Crippen molar-refractivity contribution >= 4 is 33.2 Å². The van der Waals surface area contributed by atoms with E-state index in [2.05, 4.69) is 9.71 Å². The summed E-state index contributed by atoms with van der Waals surface area (Å²) in [4.78, 5) is 13.3. The van der Waals surface area contributed by atoms with Crippen LogP contribution < -0.4 is 10.3 Å². The van der Waals surface area contributed by atoms with Gasteiger partial charge in [0.15, 0.2) is 0 Å². The van der Waals surface area contributed by atoms with E-state index < -0.39 is 16.1 Å². The maximum atomic E-state index is 12.2. The minimum Gasteiger partial charge on any atom is -0.328 e. The molecular weight excluding hydrogens is 335 g/mol. The number of aromatic nitrogens is 1. The highest BCUT2D eigenvalue weighted by molar-refractivity contribution is 7.89. The number of pyridine rings is 1. The number of hydrogen-bond acceptors (Lipinski definition) is 3. The SMILES string of the molecule is CC(NS(=O)(=O)c1ccc(=O)[nH]c1)c1ccc(Cl)c(Cl)c1. The third-order valence-corrected chi connectivity index (χ3v) is 5.12. The number of sulfonamides is 1. The molecule has 0 aliphatic heterocycles. The highest BCUT2D eigenvalue weighted by atomic mass is 35.5. The monoisotopic (exact) mass is 346 g/mol. The van der Waals surface area contributed by atoms with Crippen molar-refractivity contribution in [2.75, 3.05) is 0 Å². The molecule has 112 valence electrons. The average Bonchev–Trinajstić information content (AvgIpc) is 2.41. The molecule has 0 aliphatic rings. The molecule has 0 radical (unpaired) electrons. The quantitative estimate of drug-likeness (QED) is 0.893. The van der Waals surface area contributed by atoms with E-state index in [4.69, 9.17) is 23.2 Å². The molecule has 0 saturated heterocycles. The number of rotatable bonds is 4. The Hall–Kier alpha value is -1.34. The van der Waals surface area contributed by atoms with Crippen LogP contribution in [0.5, 0.6) is 0 Å². The van der Waals surface area contributed by atoms with Crippen molar-refractivity contribution in [3.63, 3.8) is 0 Å². The van der Waals surface area contributed by atoms with Gasteiger partial charge < -0.3 is 4.98 Å². The number of benzene rings is 1. The molecule has 2 N–H and O–H groups in total. The van der Waals surface area contributed by atoms with Crippen LogP contribution in [-0.4, -0.2) is 13.4 Å². The van der Waals surface area contributed by atoms with Crippen LogP contribution in [0.4, 0.5) is 0 Å². The summed E-state index contributed by atoms with van der Waals surface area (Å²) in [6, 6.07) is 6.78. The number of aromatic amines is 1. The minimum absolute atomic E-state index is 0.0194. The van der Waals surface area contributed by atoms with Crippen LogP contribution >= 0.6 is 23.2 Å². The fourth-order valence-electron chi connectivity index (χ4n) is 1.71. The molecule has 1 atom stereocenters. The van der Waals surface area contributed by atoms with Crippen molar-refractivity contribution in [2.24, 2.45) is 0 Å². The predicted octanol–water partition coefficient (Wildman–Crippen LogP) is 2.72. The second-order valence-corrected chi connectivity index (χ2v) is 6.93. The summed E-state index contributed by atoms with van der Waals surface area (Å²) >= 11 is 11.7. The van der Waals surface area contributed by atoms with Crippen molar-refractivity contribution in [1.29, 1.82) is 0 Å². The van der Waals surface area contributed by atoms with Crippen LogP contribution in [0, 0.1) is 0 Å². The lowest BCUT2D eigenvalue weighted by Gasteiger charge is -2.15. The Balaban J connectivity index is 2.25. The van der Waals surface area contributed by atoms with E-state index in [1.54, 1.807) is 25.1 Å². The van der Waals surface area contributed by atoms with Gasteiger partial charge >= 0.3 is 0 Å². The first-order valence-electron chi connectivity index (χ1n) is 5.95. The average molecular weight is 347 g/mol. The van der Waals surface area contributed by atoms with Gasteiger partial charge in [-0.2, -0.15) is 0 Å². The summed E-state index contributed by atoms with van der Waals surface area (Å²) in [5.41, 5.74) is 0.309. The molecule has 0 spiro atoms. The van der Waals surface area contributed by atoms with Crippen molar-refractivity contribution in [3.05, 3.63) is 62.5 Å². The molecule has 0 amide bonds. The van der Waals surface area contributed by atoms with Gasteiger partial charge in [-0.3, -0.25) is 4.79 Å². The van der Waals surface area contributed by atoms with Gasteiger partial charge in [-0.1, -0.05) is 29.3 Å². The van der Waals surface area contributed by atoms with Crippen LogP contribution in [0.2, 0.25) is 10.0 Å². The third-order valence-electron chi connectivity index (χ3n) is 2.84. The maximum Gasteiger partial charge on any atom is 0.247 e. The van der Waals surface area contributed by atoms with Gasteiger partial charge in [-0.25, -0.2) is 13.1 Å². The standard InChI is InChI=1S/C13H12Cl2N2O3S/c1-8(9-2-4-11(14)12(15)6-9)17-21(19,20)10-3-5-13(18)16-7-10/h2-8,17H,1H3,(H,16,18). The first kappa shape index (κ1) is 16.0. The smallest absolute Gasteiger partial charge is 0.247 e. The Kier molecular flexibility index (Phi) is 4.73. The third kappa shape index (κ3) is 3.85. The Bertz CT molecular complexity index is 798. The van der Waals surface area contributed by atoms with Gasteiger partial charge in [0.1, 0.15) is 0 Å². The molecule has 8 heteroatoms. The van der Waals surface area contributed by atoms with Gasteiger partial charge in [-0.05, 0) is 30.7 Å². The van der Waals surface area contributed by atoms with Crippen LogP contribution in [-0.2, 0) is 10.0 Å². The Morgan fingerprint density at radius 3 is 2.43 bits per heavy atom. The second-order valence-electron chi connectivity index (χ2n) is 4.41. The van der Waals surface area contributed by atoms with E-state index in [0.717, 1.165) is 12.3 Å². The van der Waals surface area contributed by atoms with Crippen LogP contribution in [0.3, 0.4) is 0 Å². The van der Waals surface area contributed by atoms with Crippen LogP contribution in [0.25, 0.3) is 0 Å². The summed E-state index contributed by atoms with van der Waals surface area (Å²) in [5, 5.41) is 0.750. The molecule has 0 fully saturated rings. The number of nitrogens with one attached hydrogen (secondary N) is 2. The largest absolute Gasteiger partial charge is 0.328 e. The van der Waals surface area contributed by atoms with Crippen molar-refractivity contribution < 1.29 is 8.42 Å². The van der Waals surface area contributed by atoms with E-state index in [1.165, 1.54) is 6.07 Å². The first-order chi connectivity index (χ1) is 9.79. The van der Waals surface area contributed by atoms with Gasteiger partial charge in [0.25, 0.3) is 0 Å². The summed E-state index contributed by atoms with van der Waals surface area (Å²) in [5.74, 6) is 0. The maximum absolute atomic E-state index is 12.2. The zero-order chi connectivity index (χ0) is 15.6. The molecule has 1 aromatic heterocycles. The molecular formula is C13H12Cl2N2O3S. The molecule has 1 heterocycles. The van der Waals surface area contributed by atoms with E-state index >= 15 is 0 Å². The van der Waals surface area contributed by atoms with Gasteiger partial charge in [0.2, 0.25) is 15.6 Å². The molecule has 1 unspecified atom stereocenters. The summed E-state index contributed by atoms with van der Waals surface area (Å²) in [6.45, 7) is 1.68. The molecule has 5 nitrogen and oxygen atoms in total. The minimum atomic E-state index is -3.74. The lowest BCUT2D eigenvalue weighted by Crippen LogP contribution is -2.27. The molecule has 21 heavy (non-hydrogen) atoms. The molecule has 0 bridgehead atoms. The normalized spacial score (nSPS) is 13.1. The summed E-state index contributed by atoms with van der Waals surface area (Å²) < 4.78 is 26.9. The van der Waals surface area contributed by atoms with Crippen molar-refractivity contribution in [1.82, 2.24) is 9.71 Å². The topological polar surface area (TPSA) is 79.0 Å². The Morgan fingerprint density at radius 2 is 1.86 bits per heavy atom. The van der Waals surface area contributed by atoms with Crippen molar-refractivity contribution in [3.8, 4) is 0 Å². The Morgan fingerprint density at radius 1 is 1.14 bits per heavy atom. The van der Waals surface area contributed by atoms with Crippen molar-refractivity contribution in [2.45, 2.75) is 17.9 Å². The Labute approximate surface area is 132 Å². The number of H-pyrrole nitrogens is 1. The molecule has 2 rings (SSSR count).